The third kappa shape index (κ3) is 3.48. The molecule has 0 atom stereocenters. The van der Waals surface area contributed by atoms with Crippen molar-refractivity contribution in [1.82, 2.24) is 0 Å². The van der Waals surface area contributed by atoms with Gasteiger partial charge in [-0.3, -0.25) is 0 Å². The Morgan fingerprint density at radius 3 is 2.33 bits per heavy atom. The first-order valence-electron chi connectivity index (χ1n) is 4.22. The van der Waals surface area contributed by atoms with Gasteiger partial charge in [-0.05, 0) is 24.3 Å². The monoisotopic (exact) mass is 294 g/mol. The maximum atomic E-state index is 11.4. The summed E-state index contributed by atoms with van der Waals surface area (Å²) in [5, 5.41) is 8.52. The highest BCUT2D eigenvalue weighted by Crippen LogP contribution is 2.17. The molecule has 0 saturated carbocycles. The van der Waals surface area contributed by atoms with Crippen molar-refractivity contribution in [2.24, 2.45) is 0 Å². The highest BCUT2D eigenvalue weighted by Gasteiger charge is 2.11. The second-order valence-electron chi connectivity index (χ2n) is 2.77. The fourth-order valence-electron chi connectivity index (χ4n) is 0.970. The molecule has 1 N–H and O–H groups in total. The van der Waals surface area contributed by atoms with E-state index in [0.29, 0.717) is 5.75 Å². The van der Waals surface area contributed by atoms with Crippen molar-refractivity contribution >= 4 is 25.8 Å². The highest BCUT2D eigenvalue weighted by molar-refractivity contribution is 9.10. The molecule has 84 valence electrons. The molecule has 4 nitrogen and oxygen atoms in total. The van der Waals surface area contributed by atoms with Crippen molar-refractivity contribution < 1.29 is 18.3 Å². The van der Waals surface area contributed by atoms with Gasteiger partial charge in [-0.25, -0.2) is 8.42 Å². The average Bonchev–Trinajstić information content (AvgIpc) is 2.27. The van der Waals surface area contributed by atoms with E-state index in [1.165, 1.54) is 12.1 Å². The van der Waals surface area contributed by atoms with Crippen molar-refractivity contribution in [3.05, 3.63) is 24.3 Å². The summed E-state index contributed by atoms with van der Waals surface area (Å²) in [6, 6.07) is 6.07. The average molecular weight is 295 g/mol. The number of hydrogen-bond acceptors (Lipinski definition) is 4. The molecule has 0 saturated heterocycles. The molecule has 15 heavy (non-hydrogen) atoms. The summed E-state index contributed by atoms with van der Waals surface area (Å²) in [5.74, 6) is 0.539. The van der Waals surface area contributed by atoms with Crippen molar-refractivity contribution in [3.63, 3.8) is 0 Å². The number of aliphatic hydroxyl groups is 1. The lowest BCUT2D eigenvalue weighted by molar-refractivity contribution is 0.201. The van der Waals surface area contributed by atoms with Crippen LogP contribution in [0.5, 0.6) is 5.75 Å². The Balaban J connectivity index is 2.81. The Kier molecular flexibility index (Phi) is 4.56. The highest BCUT2D eigenvalue weighted by atomic mass is 79.9. The predicted octanol–water partition coefficient (Wildman–Crippen LogP) is 1.18. The minimum Gasteiger partial charge on any atom is -0.491 e. The molecule has 0 fully saturated rings. The van der Waals surface area contributed by atoms with Crippen LogP contribution in [0.4, 0.5) is 0 Å². The van der Waals surface area contributed by atoms with Gasteiger partial charge in [-0.1, -0.05) is 15.9 Å². The van der Waals surface area contributed by atoms with Crippen LogP contribution in [0.1, 0.15) is 0 Å². The van der Waals surface area contributed by atoms with Crippen LogP contribution in [0.25, 0.3) is 0 Å². The summed E-state index contributed by atoms with van der Waals surface area (Å²) in [6.45, 7) is 0.131. The molecule has 1 rings (SSSR count). The van der Waals surface area contributed by atoms with E-state index < -0.39 is 9.84 Å². The van der Waals surface area contributed by atoms with Crippen LogP contribution in [0, 0.1) is 0 Å². The SMILES string of the molecule is O=S(=O)(CBr)c1ccc(OCCO)cc1. The number of ether oxygens (including phenoxy) is 1. The zero-order valence-corrected chi connectivity index (χ0v) is 10.3. The van der Waals surface area contributed by atoms with Crippen LogP contribution in [0.15, 0.2) is 29.2 Å². The van der Waals surface area contributed by atoms with Crippen LogP contribution >= 0.6 is 15.9 Å². The normalized spacial score (nSPS) is 11.3. The van der Waals surface area contributed by atoms with Crippen LogP contribution in [-0.2, 0) is 9.84 Å². The Morgan fingerprint density at radius 2 is 1.87 bits per heavy atom. The lowest BCUT2D eigenvalue weighted by Gasteiger charge is -2.05. The van der Waals surface area contributed by atoms with Gasteiger partial charge in [0.1, 0.15) is 17.0 Å². The van der Waals surface area contributed by atoms with Crippen LogP contribution < -0.4 is 4.74 Å². The van der Waals surface area contributed by atoms with Gasteiger partial charge in [0, 0.05) is 0 Å². The topological polar surface area (TPSA) is 63.6 Å². The summed E-state index contributed by atoms with van der Waals surface area (Å²) in [5.41, 5.74) is 0. The molecule has 0 aliphatic rings. The molecular formula is C9H11BrO4S. The number of hydrogen-bond donors (Lipinski definition) is 1. The maximum absolute atomic E-state index is 11.4. The van der Waals surface area contributed by atoms with Crippen LogP contribution in [0.2, 0.25) is 0 Å². The predicted molar refractivity (Wildman–Crippen MR) is 60.0 cm³/mol. The van der Waals surface area contributed by atoms with Crippen molar-refractivity contribution in [2.75, 3.05) is 17.9 Å². The van der Waals surface area contributed by atoms with Gasteiger partial charge in [0.05, 0.1) is 11.5 Å². The molecule has 0 aliphatic heterocycles. The third-order valence-electron chi connectivity index (χ3n) is 1.69. The molecule has 0 aliphatic carbocycles. The second kappa shape index (κ2) is 5.48. The van der Waals surface area contributed by atoms with E-state index in [-0.39, 0.29) is 22.8 Å². The van der Waals surface area contributed by atoms with Crippen molar-refractivity contribution in [3.8, 4) is 5.75 Å². The van der Waals surface area contributed by atoms with Gasteiger partial charge >= 0.3 is 0 Å². The third-order valence-corrected chi connectivity index (χ3v) is 4.77. The fraction of sp³-hybridized carbons (Fsp3) is 0.333. The number of aliphatic hydroxyl groups excluding tert-OH is 1. The molecule has 0 unspecified atom stereocenters. The minimum atomic E-state index is -3.22. The molecule has 0 spiro atoms. The van der Waals surface area contributed by atoms with Crippen molar-refractivity contribution in [2.45, 2.75) is 4.90 Å². The lowest BCUT2D eigenvalue weighted by Crippen LogP contribution is -2.03. The zero-order valence-electron chi connectivity index (χ0n) is 7.89. The summed E-state index contributed by atoms with van der Waals surface area (Å²) >= 11 is 2.92. The smallest absolute Gasteiger partial charge is 0.188 e. The first-order valence-corrected chi connectivity index (χ1v) is 7.00. The van der Waals surface area contributed by atoms with Gasteiger partial charge in [0.15, 0.2) is 9.84 Å². The molecule has 0 radical (unpaired) electrons. The Morgan fingerprint density at radius 1 is 1.27 bits per heavy atom. The molecule has 6 heteroatoms. The number of sulfone groups is 1. The molecule has 0 bridgehead atoms. The number of rotatable bonds is 5. The Labute approximate surface area is 96.9 Å². The quantitative estimate of drug-likeness (QED) is 0.829. The standard InChI is InChI=1S/C9H11BrO4S/c10-7-15(12,13)9-3-1-8(2-4-9)14-6-5-11/h1-4,11H,5-7H2. The van der Waals surface area contributed by atoms with Gasteiger partial charge in [-0.2, -0.15) is 0 Å². The Hall–Kier alpha value is -0.590. The maximum Gasteiger partial charge on any atom is 0.188 e. The Bertz CT molecular complexity index is 399. The van der Waals surface area contributed by atoms with E-state index in [2.05, 4.69) is 15.9 Å². The van der Waals surface area contributed by atoms with E-state index in [9.17, 15) is 8.42 Å². The van der Waals surface area contributed by atoms with Gasteiger partial charge in [0.2, 0.25) is 0 Å². The molecule has 0 aromatic heterocycles. The van der Waals surface area contributed by atoms with Gasteiger partial charge in [-0.15, -0.1) is 0 Å². The largest absolute Gasteiger partial charge is 0.491 e. The fourth-order valence-corrected chi connectivity index (χ4v) is 2.44. The van der Waals surface area contributed by atoms with E-state index in [1.54, 1.807) is 12.1 Å². The van der Waals surface area contributed by atoms with Gasteiger partial charge < -0.3 is 9.84 Å². The number of benzene rings is 1. The summed E-state index contributed by atoms with van der Waals surface area (Å²) in [4.78, 5) is 0.246. The molecule has 0 heterocycles. The van der Waals surface area contributed by atoms with Gasteiger partial charge in [0.25, 0.3) is 0 Å². The number of alkyl halides is 1. The molecule has 1 aromatic rings. The lowest BCUT2D eigenvalue weighted by atomic mass is 10.3. The first-order chi connectivity index (χ1) is 7.10. The van der Waals surface area contributed by atoms with E-state index in [0.717, 1.165) is 0 Å². The second-order valence-corrected chi connectivity index (χ2v) is 6.06. The minimum absolute atomic E-state index is 0.0680. The first kappa shape index (κ1) is 12.5. The molecule has 0 amide bonds. The summed E-state index contributed by atoms with van der Waals surface area (Å²) < 4.78 is 27.8. The summed E-state index contributed by atoms with van der Waals surface area (Å²) in [7, 11) is -3.22. The number of halogens is 1. The van der Waals surface area contributed by atoms with E-state index >= 15 is 0 Å². The van der Waals surface area contributed by atoms with Crippen molar-refractivity contribution in [1.29, 1.82) is 0 Å². The van der Waals surface area contributed by atoms with Crippen LogP contribution in [0.3, 0.4) is 0 Å². The summed E-state index contributed by atoms with van der Waals surface area (Å²) in [6.07, 6.45) is 0. The zero-order chi connectivity index (χ0) is 11.3. The van der Waals surface area contributed by atoms with E-state index in [4.69, 9.17) is 9.84 Å². The molecule has 1 aromatic carbocycles. The molecular weight excluding hydrogens is 284 g/mol. The van der Waals surface area contributed by atoms with E-state index in [1.807, 2.05) is 0 Å². The van der Waals surface area contributed by atoms with Crippen LogP contribution in [-0.4, -0.2) is 31.4 Å².